The Morgan fingerprint density at radius 1 is 0.680 bits per heavy atom. The molecule has 0 radical (unpaired) electrons. The van der Waals surface area contributed by atoms with Crippen molar-refractivity contribution in [1.82, 2.24) is 0 Å². The lowest BCUT2D eigenvalue weighted by molar-refractivity contribution is 0.0273. The summed E-state index contributed by atoms with van der Waals surface area (Å²) in [6, 6.07) is 15.8. The average Bonchev–Trinajstić information content (AvgIpc) is 2.64. The van der Waals surface area contributed by atoms with E-state index < -0.39 is 5.97 Å². The molecule has 0 atom stereocenters. The van der Waals surface area contributed by atoms with Crippen molar-refractivity contribution in [3.63, 3.8) is 0 Å². The number of carboxylic acid groups (broad SMARTS) is 1. The monoisotopic (exact) mass is 346 g/mol. The maximum absolute atomic E-state index is 10.7. The van der Waals surface area contributed by atoms with Crippen molar-refractivity contribution in [2.75, 3.05) is 39.6 Å². The number of hydrogen-bond acceptors (Lipinski definition) is 5. The predicted octanol–water partition coefficient (Wildman–Crippen LogP) is 2.88. The van der Waals surface area contributed by atoms with Gasteiger partial charge in [0.1, 0.15) is 24.7 Å². The zero-order valence-electron chi connectivity index (χ0n) is 13.9. The Balaban J connectivity index is 1.42. The largest absolute Gasteiger partial charge is 0.491 e. The number of carboxylic acids is 1. The molecule has 0 saturated carbocycles. The molecule has 0 aliphatic rings. The van der Waals surface area contributed by atoms with Crippen LogP contribution in [0, 0.1) is 0 Å². The van der Waals surface area contributed by atoms with Gasteiger partial charge in [0, 0.05) is 0 Å². The van der Waals surface area contributed by atoms with Gasteiger partial charge in [-0.05, 0) is 36.4 Å². The number of aromatic carboxylic acids is 1. The Morgan fingerprint density at radius 3 is 1.68 bits per heavy atom. The number of rotatable bonds is 12. The molecule has 0 bridgehead atoms. The smallest absolute Gasteiger partial charge is 0.335 e. The van der Waals surface area contributed by atoms with Crippen LogP contribution < -0.4 is 9.47 Å². The highest BCUT2D eigenvalue weighted by atomic mass is 16.6. The summed E-state index contributed by atoms with van der Waals surface area (Å²) in [5.41, 5.74) is 0.233. The van der Waals surface area contributed by atoms with Gasteiger partial charge in [-0.25, -0.2) is 4.79 Å². The molecule has 2 aromatic carbocycles. The average molecular weight is 346 g/mol. The van der Waals surface area contributed by atoms with Crippen molar-refractivity contribution in [1.29, 1.82) is 0 Å². The van der Waals surface area contributed by atoms with Crippen molar-refractivity contribution >= 4 is 5.97 Å². The minimum atomic E-state index is -0.955. The molecule has 0 unspecified atom stereocenters. The van der Waals surface area contributed by atoms with E-state index in [1.807, 2.05) is 30.3 Å². The summed E-state index contributed by atoms with van der Waals surface area (Å²) in [7, 11) is 0. The third kappa shape index (κ3) is 7.69. The second-order valence-electron chi connectivity index (χ2n) is 5.06. The molecule has 0 aromatic heterocycles. The molecular formula is C19H22O6. The fourth-order valence-corrected chi connectivity index (χ4v) is 1.97. The first-order valence-corrected chi connectivity index (χ1v) is 8.05. The zero-order valence-corrected chi connectivity index (χ0v) is 13.9. The fourth-order valence-electron chi connectivity index (χ4n) is 1.97. The van der Waals surface area contributed by atoms with Crippen LogP contribution in [0.25, 0.3) is 0 Å². The van der Waals surface area contributed by atoms with Crippen LogP contribution in [0.5, 0.6) is 11.5 Å². The van der Waals surface area contributed by atoms with Crippen molar-refractivity contribution in [2.45, 2.75) is 0 Å². The predicted molar refractivity (Wildman–Crippen MR) is 92.5 cm³/mol. The molecule has 6 heteroatoms. The molecule has 2 rings (SSSR count). The van der Waals surface area contributed by atoms with Gasteiger partial charge in [-0.15, -0.1) is 0 Å². The van der Waals surface area contributed by atoms with Crippen LogP contribution in [0.3, 0.4) is 0 Å². The molecule has 6 nitrogen and oxygen atoms in total. The summed E-state index contributed by atoms with van der Waals surface area (Å²) < 4.78 is 21.8. The van der Waals surface area contributed by atoms with Gasteiger partial charge in [0.25, 0.3) is 0 Å². The van der Waals surface area contributed by atoms with Crippen LogP contribution in [0.2, 0.25) is 0 Å². The highest BCUT2D eigenvalue weighted by molar-refractivity contribution is 5.87. The minimum absolute atomic E-state index is 0.233. The second kappa shape index (κ2) is 11.1. The molecule has 0 aliphatic heterocycles. The Labute approximate surface area is 146 Å². The van der Waals surface area contributed by atoms with Crippen LogP contribution in [0.15, 0.2) is 54.6 Å². The number of carbonyl (C=O) groups is 1. The number of para-hydroxylation sites is 1. The van der Waals surface area contributed by atoms with Gasteiger partial charge in [0.05, 0.1) is 32.0 Å². The molecule has 134 valence electrons. The molecule has 0 aliphatic carbocycles. The molecule has 2 aromatic rings. The summed E-state index contributed by atoms with van der Waals surface area (Å²) in [6.45, 7) is 2.80. The molecule has 0 fully saturated rings. The first-order chi connectivity index (χ1) is 12.3. The van der Waals surface area contributed by atoms with E-state index in [4.69, 9.17) is 24.1 Å². The van der Waals surface area contributed by atoms with Crippen LogP contribution in [0.4, 0.5) is 0 Å². The first kappa shape index (κ1) is 18.8. The van der Waals surface area contributed by atoms with Gasteiger partial charge in [0.2, 0.25) is 0 Å². The SMILES string of the molecule is O=C(O)c1ccc(OCCOCCOCCOc2ccccc2)cc1. The van der Waals surface area contributed by atoms with Crippen LogP contribution in [0.1, 0.15) is 10.4 Å². The normalized spacial score (nSPS) is 10.4. The van der Waals surface area contributed by atoms with E-state index in [0.717, 1.165) is 5.75 Å². The lowest BCUT2D eigenvalue weighted by atomic mass is 10.2. The lowest BCUT2D eigenvalue weighted by Crippen LogP contribution is -2.13. The van der Waals surface area contributed by atoms with E-state index in [1.165, 1.54) is 12.1 Å². The van der Waals surface area contributed by atoms with Gasteiger partial charge in [-0.2, -0.15) is 0 Å². The highest BCUT2D eigenvalue weighted by Crippen LogP contribution is 2.12. The van der Waals surface area contributed by atoms with Gasteiger partial charge in [0.15, 0.2) is 0 Å². The van der Waals surface area contributed by atoms with E-state index in [0.29, 0.717) is 45.4 Å². The molecule has 0 spiro atoms. The zero-order chi connectivity index (χ0) is 17.7. The van der Waals surface area contributed by atoms with E-state index in [-0.39, 0.29) is 5.56 Å². The Hall–Kier alpha value is -2.57. The molecule has 0 heterocycles. The Morgan fingerprint density at radius 2 is 1.16 bits per heavy atom. The van der Waals surface area contributed by atoms with E-state index in [1.54, 1.807) is 12.1 Å². The van der Waals surface area contributed by atoms with Crippen LogP contribution >= 0.6 is 0 Å². The lowest BCUT2D eigenvalue weighted by Gasteiger charge is -2.09. The Kier molecular flexibility index (Phi) is 8.31. The van der Waals surface area contributed by atoms with Gasteiger partial charge >= 0.3 is 5.97 Å². The van der Waals surface area contributed by atoms with Crippen LogP contribution in [-0.4, -0.2) is 50.7 Å². The molecule has 25 heavy (non-hydrogen) atoms. The number of hydrogen-bond donors (Lipinski definition) is 1. The molecular weight excluding hydrogens is 324 g/mol. The third-order valence-electron chi connectivity index (χ3n) is 3.21. The summed E-state index contributed by atoms with van der Waals surface area (Å²) in [6.07, 6.45) is 0. The summed E-state index contributed by atoms with van der Waals surface area (Å²) in [5.74, 6) is 0.489. The topological polar surface area (TPSA) is 74.2 Å². The quantitative estimate of drug-likeness (QED) is 0.596. The number of ether oxygens (including phenoxy) is 4. The van der Waals surface area contributed by atoms with E-state index >= 15 is 0 Å². The van der Waals surface area contributed by atoms with E-state index in [2.05, 4.69) is 0 Å². The minimum Gasteiger partial charge on any atom is -0.491 e. The maximum atomic E-state index is 10.7. The molecule has 1 N–H and O–H groups in total. The third-order valence-corrected chi connectivity index (χ3v) is 3.21. The van der Waals surface area contributed by atoms with Crippen molar-refractivity contribution in [2.24, 2.45) is 0 Å². The Bertz CT molecular complexity index is 612. The van der Waals surface area contributed by atoms with Gasteiger partial charge < -0.3 is 24.1 Å². The van der Waals surface area contributed by atoms with Crippen molar-refractivity contribution < 1.29 is 28.8 Å². The summed E-state index contributed by atoms with van der Waals surface area (Å²) in [5, 5.41) is 8.80. The summed E-state index contributed by atoms with van der Waals surface area (Å²) >= 11 is 0. The molecule has 0 saturated heterocycles. The van der Waals surface area contributed by atoms with Crippen molar-refractivity contribution in [3.05, 3.63) is 60.2 Å². The highest BCUT2D eigenvalue weighted by Gasteiger charge is 2.02. The first-order valence-electron chi connectivity index (χ1n) is 8.05. The second-order valence-corrected chi connectivity index (χ2v) is 5.06. The van der Waals surface area contributed by atoms with Crippen LogP contribution in [-0.2, 0) is 9.47 Å². The number of benzene rings is 2. The standard InChI is InChI=1S/C19H22O6/c20-19(21)16-6-8-18(9-7-16)25-15-13-23-11-10-22-12-14-24-17-4-2-1-3-5-17/h1-9H,10-15H2,(H,20,21). The van der Waals surface area contributed by atoms with Crippen molar-refractivity contribution in [3.8, 4) is 11.5 Å². The van der Waals surface area contributed by atoms with Gasteiger partial charge in [-0.1, -0.05) is 18.2 Å². The van der Waals surface area contributed by atoms with Gasteiger partial charge in [-0.3, -0.25) is 0 Å². The fraction of sp³-hybridized carbons (Fsp3) is 0.316. The maximum Gasteiger partial charge on any atom is 0.335 e. The van der Waals surface area contributed by atoms with E-state index in [9.17, 15) is 4.79 Å². The molecule has 0 amide bonds. The summed E-state index contributed by atoms with van der Waals surface area (Å²) in [4.78, 5) is 10.7.